The topological polar surface area (TPSA) is 84.9 Å². The van der Waals surface area contributed by atoms with E-state index in [1.165, 1.54) is 0 Å². The van der Waals surface area contributed by atoms with Crippen LogP contribution in [0.3, 0.4) is 0 Å². The van der Waals surface area contributed by atoms with Crippen molar-refractivity contribution in [3.8, 4) is 22.8 Å². The number of phenolic OH excluding ortho intramolecular Hbond substituents is 2. The highest BCUT2D eigenvalue weighted by Gasteiger charge is 2.14. The first kappa shape index (κ1) is 13.0. The molecule has 0 saturated heterocycles. The van der Waals surface area contributed by atoms with Gasteiger partial charge in [0.2, 0.25) is 0 Å². The van der Waals surface area contributed by atoms with Gasteiger partial charge in [-0.2, -0.15) is 0 Å². The van der Waals surface area contributed by atoms with Crippen molar-refractivity contribution in [2.45, 2.75) is 0 Å². The number of aromatic hydroxyl groups is 2. The van der Waals surface area contributed by atoms with Crippen LogP contribution in [0, 0.1) is 0 Å². The van der Waals surface area contributed by atoms with Gasteiger partial charge in [-0.05, 0) is 42.5 Å². The number of hydrogen-bond donors (Lipinski definition) is 4. The first-order chi connectivity index (χ1) is 11.7. The number of benzene rings is 2. The van der Waals surface area contributed by atoms with Gasteiger partial charge in [-0.15, -0.1) is 0 Å². The molecule has 24 heavy (non-hydrogen) atoms. The maximum Gasteiger partial charge on any atom is 0.116 e. The van der Waals surface area contributed by atoms with Crippen molar-refractivity contribution in [3.05, 3.63) is 54.9 Å². The fourth-order valence-corrected chi connectivity index (χ4v) is 3.32. The van der Waals surface area contributed by atoms with Crippen LogP contribution in [0.2, 0.25) is 0 Å². The van der Waals surface area contributed by atoms with E-state index in [1.807, 2.05) is 24.4 Å². The Balaban J connectivity index is 1.89. The van der Waals surface area contributed by atoms with Crippen LogP contribution < -0.4 is 0 Å². The van der Waals surface area contributed by atoms with Crippen molar-refractivity contribution in [1.82, 2.24) is 15.0 Å². The summed E-state index contributed by atoms with van der Waals surface area (Å²) in [5, 5.41) is 22.4. The first-order valence-corrected chi connectivity index (χ1v) is 7.60. The average Bonchev–Trinajstić information content (AvgIpc) is 3.15. The second-order valence-corrected chi connectivity index (χ2v) is 5.87. The van der Waals surface area contributed by atoms with Crippen molar-refractivity contribution in [1.29, 1.82) is 0 Å². The molecular formula is C19H13N3O2. The lowest BCUT2D eigenvalue weighted by Crippen LogP contribution is -1.84. The van der Waals surface area contributed by atoms with Gasteiger partial charge in [0.25, 0.3) is 0 Å². The molecule has 0 atom stereocenters. The lowest BCUT2D eigenvalue weighted by atomic mass is 10.1. The fraction of sp³-hybridized carbons (Fsp3) is 0. The summed E-state index contributed by atoms with van der Waals surface area (Å²) in [6, 6.07) is 12.4. The number of rotatable bonds is 1. The van der Waals surface area contributed by atoms with Crippen LogP contribution in [0.15, 0.2) is 54.9 Å². The van der Waals surface area contributed by atoms with Gasteiger partial charge in [0.1, 0.15) is 11.5 Å². The summed E-state index contributed by atoms with van der Waals surface area (Å²) in [5.74, 6) is 0.455. The minimum absolute atomic E-state index is 0.220. The molecule has 0 fully saturated rings. The quantitative estimate of drug-likeness (QED) is 0.372. The molecule has 0 bridgehead atoms. The molecule has 0 spiro atoms. The van der Waals surface area contributed by atoms with E-state index in [-0.39, 0.29) is 11.5 Å². The zero-order valence-corrected chi connectivity index (χ0v) is 12.5. The van der Waals surface area contributed by atoms with Gasteiger partial charge in [-0.1, -0.05) is 0 Å². The average molecular weight is 315 g/mol. The third-order valence-electron chi connectivity index (χ3n) is 4.42. The van der Waals surface area contributed by atoms with E-state index < -0.39 is 0 Å². The van der Waals surface area contributed by atoms with E-state index in [4.69, 9.17) is 0 Å². The molecule has 5 heteroatoms. The Labute approximate surface area is 136 Å². The Bertz CT molecular complexity index is 1230. The second-order valence-electron chi connectivity index (χ2n) is 5.87. The predicted molar refractivity (Wildman–Crippen MR) is 94.2 cm³/mol. The van der Waals surface area contributed by atoms with Crippen LogP contribution in [-0.2, 0) is 0 Å². The summed E-state index contributed by atoms with van der Waals surface area (Å²) in [6.45, 7) is 0. The molecule has 3 heterocycles. The Kier molecular flexibility index (Phi) is 2.45. The van der Waals surface area contributed by atoms with Gasteiger partial charge in [0.15, 0.2) is 0 Å². The Morgan fingerprint density at radius 1 is 0.792 bits per heavy atom. The van der Waals surface area contributed by atoms with Gasteiger partial charge < -0.3 is 20.2 Å². The molecular weight excluding hydrogens is 302 g/mol. The van der Waals surface area contributed by atoms with Gasteiger partial charge in [0.05, 0.1) is 11.2 Å². The third kappa shape index (κ3) is 1.72. The van der Waals surface area contributed by atoms with E-state index in [9.17, 15) is 10.2 Å². The van der Waals surface area contributed by atoms with Crippen molar-refractivity contribution in [3.63, 3.8) is 0 Å². The van der Waals surface area contributed by atoms with Crippen molar-refractivity contribution in [2.24, 2.45) is 0 Å². The van der Waals surface area contributed by atoms with Crippen molar-refractivity contribution < 1.29 is 10.2 Å². The van der Waals surface area contributed by atoms with Crippen molar-refractivity contribution in [2.75, 3.05) is 0 Å². The number of aromatic amines is 2. The van der Waals surface area contributed by atoms with Crippen LogP contribution in [0.4, 0.5) is 0 Å². The lowest BCUT2D eigenvalue weighted by molar-refractivity contribution is 0.475. The molecule has 5 nitrogen and oxygen atoms in total. The van der Waals surface area contributed by atoms with Crippen LogP contribution in [0.1, 0.15) is 0 Å². The molecule has 2 aromatic carbocycles. The molecule has 0 aliphatic carbocycles. The Hall–Kier alpha value is -3.47. The molecule has 0 radical (unpaired) electrons. The third-order valence-corrected chi connectivity index (χ3v) is 4.42. The summed E-state index contributed by atoms with van der Waals surface area (Å²) in [7, 11) is 0. The summed E-state index contributed by atoms with van der Waals surface area (Å²) >= 11 is 0. The maximum atomic E-state index is 9.81. The number of aromatic nitrogens is 3. The maximum absolute atomic E-state index is 9.81. The molecule has 5 rings (SSSR count). The number of H-pyrrole nitrogens is 2. The number of hydrogen-bond acceptors (Lipinski definition) is 3. The minimum Gasteiger partial charge on any atom is -0.508 e. The smallest absolute Gasteiger partial charge is 0.116 e. The summed E-state index contributed by atoms with van der Waals surface area (Å²) in [6.07, 6.45) is 3.66. The number of phenols is 2. The van der Waals surface area contributed by atoms with Crippen LogP contribution in [0.25, 0.3) is 44.0 Å². The number of fused-ring (bicyclic) bond motifs is 4. The highest BCUT2D eigenvalue weighted by Crippen LogP contribution is 2.36. The largest absolute Gasteiger partial charge is 0.508 e. The predicted octanol–water partition coefficient (Wildman–Crippen LogP) is 4.28. The Morgan fingerprint density at radius 2 is 1.54 bits per heavy atom. The molecule has 3 aromatic heterocycles. The normalized spacial score (nSPS) is 11.7. The molecule has 0 aliphatic heterocycles. The minimum atomic E-state index is 0.220. The molecule has 0 saturated carbocycles. The van der Waals surface area contributed by atoms with Gasteiger partial charge in [0, 0.05) is 45.1 Å². The van der Waals surface area contributed by atoms with E-state index >= 15 is 0 Å². The Morgan fingerprint density at radius 3 is 2.38 bits per heavy atom. The summed E-state index contributed by atoms with van der Waals surface area (Å²) < 4.78 is 0. The lowest BCUT2D eigenvalue weighted by Gasteiger charge is -2.01. The van der Waals surface area contributed by atoms with E-state index in [2.05, 4.69) is 15.0 Å². The monoisotopic (exact) mass is 315 g/mol. The SMILES string of the molecule is Oc1ccc2[nH]cc(-c3nccc4c3[nH]c3ccc(O)cc34)c2c1. The molecule has 0 unspecified atom stereocenters. The van der Waals surface area contributed by atoms with Gasteiger partial charge in [-0.25, -0.2) is 0 Å². The van der Waals surface area contributed by atoms with Crippen LogP contribution in [0.5, 0.6) is 11.5 Å². The van der Waals surface area contributed by atoms with E-state index in [0.717, 1.165) is 44.0 Å². The van der Waals surface area contributed by atoms with Gasteiger partial charge in [-0.3, -0.25) is 4.98 Å². The number of nitrogens with one attached hydrogen (secondary N) is 2. The molecule has 5 aromatic rings. The summed E-state index contributed by atoms with van der Waals surface area (Å²) in [4.78, 5) is 11.2. The molecule has 116 valence electrons. The second kappa shape index (κ2) is 4.52. The highest BCUT2D eigenvalue weighted by molar-refractivity contribution is 6.13. The van der Waals surface area contributed by atoms with Crippen LogP contribution in [-0.4, -0.2) is 25.2 Å². The zero-order chi connectivity index (χ0) is 16.3. The van der Waals surface area contributed by atoms with Crippen molar-refractivity contribution >= 4 is 32.7 Å². The molecule has 0 amide bonds. The van der Waals surface area contributed by atoms with E-state index in [0.29, 0.717) is 0 Å². The highest BCUT2D eigenvalue weighted by atomic mass is 16.3. The molecule has 0 aliphatic rings. The number of nitrogens with zero attached hydrogens (tertiary/aromatic N) is 1. The zero-order valence-electron chi connectivity index (χ0n) is 12.5. The van der Waals surface area contributed by atoms with Gasteiger partial charge >= 0.3 is 0 Å². The van der Waals surface area contributed by atoms with E-state index in [1.54, 1.807) is 30.5 Å². The fourth-order valence-electron chi connectivity index (χ4n) is 3.32. The standard InChI is InChI=1S/C19H13N3O2/c23-10-1-3-16-14(8-10)15(9-21-16)18-19-12(5-6-20-18)13-7-11(24)2-4-17(13)22-19/h1-9,21-24H. The molecule has 4 N–H and O–H groups in total. The number of pyridine rings is 1. The van der Waals surface area contributed by atoms with Crippen LogP contribution >= 0.6 is 0 Å². The first-order valence-electron chi connectivity index (χ1n) is 7.60. The summed E-state index contributed by atoms with van der Waals surface area (Å²) in [5.41, 5.74) is 4.51.